The van der Waals surface area contributed by atoms with Gasteiger partial charge < -0.3 is 20.7 Å². The van der Waals surface area contributed by atoms with Crippen LogP contribution in [0.15, 0.2) is 24.3 Å². The normalized spacial score (nSPS) is 12.3. The van der Waals surface area contributed by atoms with Crippen LogP contribution in [0, 0.1) is 14.3 Å². The zero-order valence-corrected chi connectivity index (χ0v) is 19.6. The Balaban J connectivity index is 2.36. The lowest BCUT2D eigenvalue weighted by atomic mass is 10.1. The molecule has 4 nitrogen and oxygen atoms in total. The van der Waals surface area contributed by atoms with Crippen LogP contribution >= 0.6 is 90.4 Å². The van der Waals surface area contributed by atoms with Gasteiger partial charge in [-0.2, -0.15) is 0 Å². The van der Waals surface area contributed by atoms with Gasteiger partial charge in [-0.3, -0.25) is 0 Å². The number of hydrogen-bond acceptors (Lipinski definition) is 4. The van der Waals surface area contributed by atoms with Crippen LogP contribution in [0.25, 0.3) is 0 Å². The number of halogens is 4. The summed E-state index contributed by atoms with van der Waals surface area (Å²) >= 11 is 8.61. The standard InChI is InChI=1S/C14H11I4NO3/c15-7-5-12(8(16)4-11(7)20)22-14-9(17)1-6(2-10(14)18)3-13(19)21/h1-2,4-5,13,20-21H,3,19H2. The molecule has 118 valence electrons. The van der Waals surface area contributed by atoms with Crippen molar-refractivity contribution in [3.05, 3.63) is 44.1 Å². The number of aliphatic hydroxyl groups excluding tert-OH is 1. The maximum absolute atomic E-state index is 9.71. The number of ether oxygens (including phenoxy) is 1. The fraction of sp³-hybridized carbons (Fsp3) is 0.143. The van der Waals surface area contributed by atoms with Gasteiger partial charge in [0.25, 0.3) is 0 Å². The number of nitrogens with two attached hydrogens (primary N) is 1. The van der Waals surface area contributed by atoms with Crippen molar-refractivity contribution in [3.8, 4) is 17.2 Å². The average molecular weight is 749 g/mol. The van der Waals surface area contributed by atoms with Gasteiger partial charge >= 0.3 is 0 Å². The van der Waals surface area contributed by atoms with E-state index in [9.17, 15) is 10.2 Å². The van der Waals surface area contributed by atoms with Crippen LogP contribution in [0.2, 0.25) is 0 Å². The van der Waals surface area contributed by atoms with Crippen LogP contribution in [0.4, 0.5) is 0 Å². The van der Waals surface area contributed by atoms with E-state index in [1.165, 1.54) is 0 Å². The van der Waals surface area contributed by atoms with E-state index >= 15 is 0 Å². The maximum Gasteiger partial charge on any atom is 0.154 e. The van der Waals surface area contributed by atoms with Crippen LogP contribution in [0.3, 0.4) is 0 Å². The molecule has 2 aromatic carbocycles. The topological polar surface area (TPSA) is 75.7 Å². The minimum Gasteiger partial charge on any atom is -0.507 e. The molecule has 0 saturated heterocycles. The lowest BCUT2D eigenvalue weighted by molar-refractivity contribution is 0.183. The van der Waals surface area contributed by atoms with Crippen molar-refractivity contribution < 1.29 is 14.9 Å². The van der Waals surface area contributed by atoms with Crippen molar-refractivity contribution in [2.45, 2.75) is 12.6 Å². The van der Waals surface area contributed by atoms with Crippen LogP contribution < -0.4 is 10.5 Å². The van der Waals surface area contributed by atoms with Gasteiger partial charge in [0.15, 0.2) is 5.75 Å². The van der Waals surface area contributed by atoms with Crippen molar-refractivity contribution in [3.63, 3.8) is 0 Å². The van der Waals surface area contributed by atoms with E-state index in [2.05, 4.69) is 90.4 Å². The summed E-state index contributed by atoms with van der Waals surface area (Å²) in [6, 6.07) is 7.39. The molecule has 0 bridgehead atoms. The van der Waals surface area contributed by atoms with E-state index < -0.39 is 6.23 Å². The fourth-order valence-corrected chi connectivity index (χ4v) is 4.89. The summed E-state index contributed by atoms with van der Waals surface area (Å²) in [6.45, 7) is 0. The molecule has 0 spiro atoms. The Morgan fingerprint density at radius 3 is 2.09 bits per heavy atom. The average Bonchev–Trinajstić information content (AvgIpc) is 2.38. The molecular weight excluding hydrogens is 738 g/mol. The number of aliphatic hydroxyl groups is 1. The lowest BCUT2D eigenvalue weighted by Crippen LogP contribution is -2.21. The van der Waals surface area contributed by atoms with E-state index in [-0.39, 0.29) is 5.75 Å². The molecular formula is C14H11I4NO3. The third kappa shape index (κ3) is 4.94. The summed E-state index contributed by atoms with van der Waals surface area (Å²) in [6.07, 6.45) is -0.459. The van der Waals surface area contributed by atoms with Gasteiger partial charge in [0.05, 0.1) is 14.3 Å². The Kier molecular flexibility index (Phi) is 7.26. The second-order valence-corrected chi connectivity index (χ2v) is 9.14. The van der Waals surface area contributed by atoms with E-state index in [4.69, 9.17) is 10.5 Å². The Morgan fingerprint density at radius 2 is 1.55 bits per heavy atom. The molecule has 0 heterocycles. The van der Waals surface area contributed by atoms with Gasteiger partial charge in [0.2, 0.25) is 0 Å². The summed E-state index contributed by atoms with van der Waals surface area (Å²) < 4.78 is 9.50. The van der Waals surface area contributed by atoms with Crippen LogP contribution in [-0.2, 0) is 6.42 Å². The first-order chi connectivity index (χ1) is 10.3. The van der Waals surface area contributed by atoms with Crippen molar-refractivity contribution in [2.75, 3.05) is 0 Å². The highest BCUT2D eigenvalue weighted by molar-refractivity contribution is 14.1. The molecule has 2 aromatic rings. The molecule has 2 rings (SSSR count). The highest BCUT2D eigenvalue weighted by Gasteiger charge is 2.14. The number of benzene rings is 2. The summed E-state index contributed by atoms with van der Waals surface area (Å²) in [4.78, 5) is 0. The highest BCUT2D eigenvalue weighted by atomic mass is 127. The molecule has 1 unspecified atom stereocenters. The minimum atomic E-state index is -0.863. The van der Waals surface area contributed by atoms with Crippen LogP contribution in [-0.4, -0.2) is 16.4 Å². The van der Waals surface area contributed by atoms with E-state index in [1.54, 1.807) is 12.1 Å². The third-order valence-corrected chi connectivity index (χ3v) is 6.03. The predicted molar refractivity (Wildman–Crippen MR) is 119 cm³/mol. The Hall–Kier alpha value is 0.880. The largest absolute Gasteiger partial charge is 0.507 e. The van der Waals surface area contributed by atoms with Gasteiger partial charge in [-0.05, 0) is 120 Å². The van der Waals surface area contributed by atoms with Gasteiger partial charge in [0.1, 0.15) is 17.7 Å². The Morgan fingerprint density at radius 1 is 0.955 bits per heavy atom. The highest BCUT2D eigenvalue weighted by Crippen LogP contribution is 2.37. The molecule has 0 saturated carbocycles. The first-order valence-corrected chi connectivity index (χ1v) is 10.4. The number of hydrogen-bond donors (Lipinski definition) is 3. The van der Waals surface area contributed by atoms with Crippen molar-refractivity contribution >= 4 is 90.4 Å². The zero-order chi connectivity index (χ0) is 16.4. The van der Waals surface area contributed by atoms with Crippen molar-refractivity contribution in [1.29, 1.82) is 0 Å². The monoisotopic (exact) mass is 749 g/mol. The lowest BCUT2D eigenvalue weighted by Gasteiger charge is -2.14. The molecule has 0 amide bonds. The zero-order valence-electron chi connectivity index (χ0n) is 11.0. The number of aromatic hydroxyl groups is 1. The third-order valence-electron chi connectivity index (χ3n) is 2.72. The maximum atomic E-state index is 9.71. The second kappa shape index (κ2) is 8.31. The molecule has 22 heavy (non-hydrogen) atoms. The number of phenolic OH excluding ortho intramolecular Hbond substituents is 1. The van der Waals surface area contributed by atoms with E-state index in [0.29, 0.717) is 12.2 Å². The van der Waals surface area contributed by atoms with Crippen LogP contribution in [0.1, 0.15) is 5.56 Å². The minimum absolute atomic E-state index is 0.244. The molecule has 0 aliphatic rings. The summed E-state index contributed by atoms with van der Waals surface area (Å²) in [7, 11) is 0. The number of phenols is 1. The summed E-state index contributed by atoms with van der Waals surface area (Å²) in [5, 5.41) is 19.0. The molecule has 0 radical (unpaired) electrons. The molecule has 0 aliphatic heterocycles. The van der Waals surface area contributed by atoms with E-state index in [0.717, 1.165) is 25.6 Å². The van der Waals surface area contributed by atoms with Crippen LogP contribution in [0.5, 0.6) is 17.2 Å². The first kappa shape index (κ1) is 19.2. The van der Waals surface area contributed by atoms with Gasteiger partial charge in [0, 0.05) is 6.42 Å². The molecule has 0 aliphatic carbocycles. The smallest absolute Gasteiger partial charge is 0.154 e. The molecule has 0 aromatic heterocycles. The van der Waals surface area contributed by atoms with Gasteiger partial charge in [-0.1, -0.05) is 0 Å². The summed E-state index contributed by atoms with van der Waals surface area (Å²) in [5.74, 6) is 1.70. The van der Waals surface area contributed by atoms with Gasteiger partial charge in [-0.25, -0.2) is 0 Å². The predicted octanol–water partition coefficient (Wildman–Crippen LogP) is 4.42. The SMILES string of the molecule is NC(O)Cc1cc(I)c(Oc2cc(I)c(O)cc2I)c(I)c1. The number of rotatable bonds is 4. The van der Waals surface area contributed by atoms with E-state index in [1.807, 2.05) is 12.1 Å². The van der Waals surface area contributed by atoms with Gasteiger partial charge in [-0.15, -0.1) is 0 Å². The molecule has 1 atom stereocenters. The molecule has 0 fully saturated rings. The Bertz CT molecular complexity index is 684. The molecule has 4 N–H and O–H groups in total. The first-order valence-electron chi connectivity index (χ1n) is 6.05. The fourth-order valence-electron chi connectivity index (χ4n) is 1.78. The van der Waals surface area contributed by atoms with Crippen molar-refractivity contribution in [1.82, 2.24) is 0 Å². The van der Waals surface area contributed by atoms with Crippen molar-refractivity contribution in [2.24, 2.45) is 5.73 Å². The Labute approximate surface area is 182 Å². The second-order valence-electron chi connectivity index (χ2n) is 4.50. The molecule has 8 heteroatoms. The quantitative estimate of drug-likeness (QED) is 0.320. The summed E-state index contributed by atoms with van der Waals surface area (Å²) in [5.41, 5.74) is 6.39.